The third kappa shape index (κ3) is 3.16. The van der Waals surface area contributed by atoms with Crippen molar-refractivity contribution in [3.8, 4) is 0 Å². The summed E-state index contributed by atoms with van der Waals surface area (Å²) in [4.78, 5) is 12.0. The van der Waals surface area contributed by atoms with Gasteiger partial charge in [-0.05, 0) is 30.3 Å². The Morgan fingerprint density at radius 2 is 2.06 bits per heavy atom. The zero-order chi connectivity index (χ0) is 13.1. The minimum atomic E-state index is -0.907. The molecular formula is C12H9Cl2NO2S. The molecule has 0 saturated heterocycles. The molecule has 3 nitrogen and oxygen atoms in total. The van der Waals surface area contributed by atoms with Crippen LogP contribution < -0.4 is 5.32 Å². The summed E-state index contributed by atoms with van der Waals surface area (Å²) in [5.74, 6) is -0.907. The summed E-state index contributed by atoms with van der Waals surface area (Å²) in [5, 5.41) is 13.1. The van der Waals surface area contributed by atoms with E-state index in [4.69, 9.17) is 28.3 Å². The number of rotatable bonds is 4. The molecule has 0 aliphatic rings. The highest BCUT2D eigenvalue weighted by molar-refractivity contribution is 7.13. The first kappa shape index (κ1) is 13.2. The maximum absolute atomic E-state index is 10.7. The quantitative estimate of drug-likeness (QED) is 0.882. The Morgan fingerprint density at radius 1 is 1.28 bits per heavy atom. The molecule has 6 heteroatoms. The van der Waals surface area contributed by atoms with Crippen LogP contribution in [-0.2, 0) is 6.54 Å². The number of thiophene rings is 1. The molecule has 0 fully saturated rings. The van der Waals surface area contributed by atoms with E-state index in [1.807, 2.05) is 0 Å². The van der Waals surface area contributed by atoms with Gasteiger partial charge in [0.25, 0.3) is 0 Å². The lowest BCUT2D eigenvalue weighted by Gasteiger charge is -2.07. The average Bonchev–Trinajstić information content (AvgIpc) is 2.76. The molecule has 0 atom stereocenters. The second-order valence-corrected chi connectivity index (χ2v) is 5.56. The SMILES string of the molecule is O=C(O)c1ccc(CNc2ccc(Cl)cc2Cl)s1. The predicted octanol–water partition coefficient (Wildman–Crippen LogP) is 4.37. The molecule has 0 saturated carbocycles. The maximum atomic E-state index is 10.7. The first-order valence-electron chi connectivity index (χ1n) is 5.07. The third-order valence-corrected chi connectivity index (χ3v) is 3.88. The van der Waals surface area contributed by atoms with E-state index >= 15 is 0 Å². The van der Waals surface area contributed by atoms with Gasteiger partial charge >= 0.3 is 5.97 Å². The monoisotopic (exact) mass is 301 g/mol. The molecule has 1 aromatic heterocycles. The van der Waals surface area contributed by atoms with Crippen LogP contribution in [-0.4, -0.2) is 11.1 Å². The van der Waals surface area contributed by atoms with Crippen molar-refractivity contribution < 1.29 is 9.90 Å². The molecule has 94 valence electrons. The van der Waals surface area contributed by atoms with E-state index in [2.05, 4.69) is 5.32 Å². The second kappa shape index (κ2) is 5.61. The van der Waals surface area contributed by atoms with Gasteiger partial charge < -0.3 is 10.4 Å². The van der Waals surface area contributed by atoms with Crippen molar-refractivity contribution in [3.63, 3.8) is 0 Å². The van der Waals surface area contributed by atoms with Crippen molar-refractivity contribution in [2.24, 2.45) is 0 Å². The van der Waals surface area contributed by atoms with Gasteiger partial charge in [0.05, 0.1) is 10.7 Å². The van der Waals surface area contributed by atoms with Crippen molar-refractivity contribution in [1.29, 1.82) is 0 Å². The van der Waals surface area contributed by atoms with Crippen LogP contribution in [0.3, 0.4) is 0 Å². The van der Waals surface area contributed by atoms with Crippen LogP contribution in [0.5, 0.6) is 0 Å². The molecule has 2 aromatic rings. The summed E-state index contributed by atoms with van der Waals surface area (Å²) in [6.45, 7) is 0.527. The molecule has 18 heavy (non-hydrogen) atoms. The van der Waals surface area contributed by atoms with Crippen molar-refractivity contribution in [1.82, 2.24) is 0 Å². The molecule has 0 spiro atoms. The van der Waals surface area contributed by atoms with Gasteiger partial charge in [0.2, 0.25) is 0 Å². The summed E-state index contributed by atoms with van der Waals surface area (Å²) >= 11 is 13.0. The molecule has 0 amide bonds. The van der Waals surface area contributed by atoms with E-state index < -0.39 is 5.97 Å². The number of anilines is 1. The lowest BCUT2D eigenvalue weighted by atomic mass is 10.3. The molecule has 0 unspecified atom stereocenters. The van der Waals surface area contributed by atoms with Gasteiger partial charge in [-0.1, -0.05) is 23.2 Å². The Bertz CT molecular complexity index is 583. The van der Waals surface area contributed by atoms with E-state index in [9.17, 15) is 4.79 Å². The number of carboxylic acids is 1. The molecule has 1 aromatic carbocycles. The topological polar surface area (TPSA) is 49.3 Å². The molecule has 0 bridgehead atoms. The smallest absolute Gasteiger partial charge is 0.345 e. The van der Waals surface area contributed by atoms with Crippen LogP contribution in [0.2, 0.25) is 10.0 Å². The fourth-order valence-electron chi connectivity index (χ4n) is 1.40. The number of hydrogen-bond donors (Lipinski definition) is 2. The molecule has 0 aliphatic carbocycles. The van der Waals surface area contributed by atoms with Crippen molar-refractivity contribution in [2.45, 2.75) is 6.54 Å². The Morgan fingerprint density at radius 3 is 2.67 bits per heavy atom. The molecular weight excluding hydrogens is 293 g/mol. The van der Waals surface area contributed by atoms with E-state index in [0.717, 1.165) is 10.6 Å². The van der Waals surface area contributed by atoms with Crippen molar-refractivity contribution in [2.75, 3.05) is 5.32 Å². The fourth-order valence-corrected chi connectivity index (χ4v) is 2.66. The summed E-state index contributed by atoms with van der Waals surface area (Å²) < 4.78 is 0. The highest BCUT2D eigenvalue weighted by Crippen LogP contribution is 2.26. The Kier molecular flexibility index (Phi) is 4.11. The summed E-state index contributed by atoms with van der Waals surface area (Å²) in [6, 6.07) is 8.56. The van der Waals surface area contributed by atoms with Crippen LogP contribution in [0.15, 0.2) is 30.3 Å². The number of nitrogens with one attached hydrogen (secondary N) is 1. The number of benzene rings is 1. The standard InChI is InChI=1S/C12H9Cl2NO2S/c13-7-1-3-10(9(14)5-7)15-6-8-2-4-11(18-8)12(16)17/h1-5,15H,6H2,(H,16,17). The predicted molar refractivity (Wildman–Crippen MR) is 75.1 cm³/mol. The van der Waals surface area contributed by atoms with Crippen LogP contribution in [0.4, 0.5) is 5.69 Å². The highest BCUT2D eigenvalue weighted by atomic mass is 35.5. The number of carbonyl (C=O) groups is 1. The largest absolute Gasteiger partial charge is 0.477 e. The minimum absolute atomic E-state index is 0.328. The maximum Gasteiger partial charge on any atom is 0.345 e. The molecule has 0 aliphatic heterocycles. The van der Waals surface area contributed by atoms with Gasteiger partial charge in [-0.15, -0.1) is 11.3 Å². The van der Waals surface area contributed by atoms with Crippen molar-refractivity contribution >= 4 is 46.2 Å². The first-order chi connectivity index (χ1) is 8.56. The molecule has 2 N–H and O–H groups in total. The summed E-state index contributed by atoms with van der Waals surface area (Å²) in [7, 11) is 0. The number of carboxylic acid groups (broad SMARTS) is 1. The average molecular weight is 302 g/mol. The third-order valence-electron chi connectivity index (χ3n) is 2.26. The van der Waals surface area contributed by atoms with Gasteiger partial charge in [0.1, 0.15) is 4.88 Å². The Hall–Kier alpha value is -1.23. The highest BCUT2D eigenvalue weighted by Gasteiger charge is 2.07. The molecule has 0 radical (unpaired) electrons. The van der Waals surface area contributed by atoms with E-state index in [1.165, 1.54) is 11.3 Å². The minimum Gasteiger partial charge on any atom is -0.477 e. The van der Waals surface area contributed by atoms with Crippen LogP contribution in [0.25, 0.3) is 0 Å². The number of aromatic carboxylic acids is 1. The van der Waals surface area contributed by atoms with Gasteiger partial charge in [-0.2, -0.15) is 0 Å². The summed E-state index contributed by atoms with van der Waals surface area (Å²) in [5.41, 5.74) is 0.770. The van der Waals surface area contributed by atoms with Gasteiger partial charge in [0, 0.05) is 16.4 Å². The van der Waals surface area contributed by atoms with Crippen LogP contribution in [0.1, 0.15) is 14.5 Å². The zero-order valence-electron chi connectivity index (χ0n) is 9.11. The van der Waals surface area contributed by atoms with Crippen LogP contribution >= 0.6 is 34.5 Å². The second-order valence-electron chi connectivity index (χ2n) is 3.55. The van der Waals surface area contributed by atoms with Crippen molar-refractivity contribution in [3.05, 3.63) is 50.1 Å². The zero-order valence-corrected chi connectivity index (χ0v) is 11.4. The Labute approximate surface area is 118 Å². The number of hydrogen-bond acceptors (Lipinski definition) is 3. The van der Waals surface area contributed by atoms with Gasteiger partial charge in [-0.3, -0.25) is 0 Å². The van der Waals surface area contributed by atoms with E-state index in [0.29, 0.717) is 21.5 Å². The van der Waals surface area contributed by atoms with Gasteiger partial charge in [-0.25, -0.2) is 4.79 Å². The van der Waals surface area contributed by atoms with E-state index in [-0.39, 0.29) is 0 Å². The molecule has 2 rings (SSSR count). The normalized spacial score (nSPS) is 10.3. The number of halogens is 2. The molecule has 1 heterocycles. The summed E-state index contributed by atoms with van der Waals surface area (Å²) in [6.07, 6.45) is 0. The van der Waals surface area contributed by atoms with Crippen LogP contribution in [0, 0.1) is 0 Å². The van der Waals surface area contributed by atoms with Gasteiger partial charge in [0.15, 0.2) is 0 Å². The Balaban J connectivity index is 2.04. The lowest BCUT2D eigenvalue weighted by molar-refractivity contribution is 0.0702. The first-order valence-corrected chi connectivity index (χ1v) is 6.64. The fraction of sp³-hybridized carbons (Fsp3) is 0.0833. The van der Waals surface area contributed by atoms with E-state index in [1.54, 1.807) is 30.3 Å². The lowest BCUT2D eigenvalue weighted by Crippen LogP contribution is -1.97.